The lowest BCUT2D eigenvalue weighted by Crippen LogP contribution is -2.12. The first-order valence-corrected chi connectivity index (χ1v) is 6.83. The van der Waals surface area contributed by atoms with Crippen LogP contribution >= 0.6 is 0 Å². The normalized spacial score (nSPS) is 12.4. The molecule has 1 unspecified atom stereocenters. The number of aromatic nitrogens is 2. The van der Waals surface area contributed by atoms with Gasteiger partial charge in [0, 0.05) is 35.7 Å². The number of nitrogens with two attached hydrogens (primary N) is 1. The molecule has 1 aromatic carbocycles. The minimum atomic E-state index is 0.0168. The third-order valence-electron chi connectivity index (χ3n) is 3.55. The summed E-state index contributed by atoms with van der Waals surface area (Å²) in [5.74, 6) is 0. The summed E-state index contributed by atoms with van der Waals surface area (Å²) in [6, 6.07) is 14.2. The number of rotatable bonds is 4. The van der Waals surface area contributed by atoms with Crippen LogP contribution in [0.25, 0.3) is 10.8 Å². The fourth-order valence-corrected chi connectivity index (χ4v) is 2.48. The van der Waals surface area contributed by atoms with E-state index in [-0.39, 0.29) is 6.04 Å². The molecule has 1 atom stereocenters. The molecule has 0 spiro atoms. The number of aryl methyl sites for hydroxylation is 1. The van der Waals surface area contributed by atoms with Crippen molar-refractivity contribution in [1.82, 2.24) is 9.97 Å². The Hall–Kier alpha value is -2.26. The monoisotopic (exact) mass is 263 g/mol. The van der Waals surface area contributed by atoms with Crippen LogP contribution in [0.4, 0.5) is 0 Å². The van der Waals surface area contributed by atoms with E-state index < -0.39 is 0 Å². The fourth-order valence-electron chi connectivity index (χ4n) is 2.48. The second-order valence-corrected chi connectivity index (χ2v) is 4.91. The lowest BCUT2D eigenvalue weighted by Gasteiger charge is -2.14. The molecule has 20 heavy (non-hydrogen) atoms. The van der Waals surface area contributed by atoms with Crippen LogP contribution in [0.3, 0.4) is 0 Å². The molecular weight excluding hydrogens is 246 g/mol. The molecule has 0 fully saturated rings. The standard InChI is InChI=1S/C17H17N3/c18-17(8-7-14-5-1-2-10-20-14)16-6-3-4-13-12-19-11-9-15(13)16/h1-6,9-12,17H,7-8,18H2. The van der Waals surface area contributed by atoms with Crippen molar-refractivity contribution in [3.8, 4) is 0 Å². The molecule has 0 bridgehead atoms. The third kappa shape index (κ3) is 2.68. The summed E-state index contributed by atoms with van der Waals surface area (Å²) in [5, 5.41) is 2.33. The average Bonchev–Trinajstić information content (AvgIpc) is 2.53. The third-order valence-corrected chi connectivity index (χ3v) is 3.55. The van der Waals surface area contributed by atoms with E-state index in [0.29, 0.717) is 0 Å². The molecule has 3 nitrogen and oxygen atoms in total. The van der Waals surface area contributed by atoms with Crippen LogP contribution in [0.15, 0.2) is 61.1 Å². The van der Waals surface area contributed by atoms with E-state index >= 15 is 0 Å². The minimum absolute atomic E-state index is 0.0168. The first-order valence-electron chi connectivity index (χ1n) is 6.83. The SMILES string of the molecule is NC(CCc1ccccn1)c1cccc2cnccc12. The van der Waals surface area contributed by atoms with E-state index in [1.165, 1.54) is 10.9 Å². The predicted molar refractivity (Wildman–Crippen MR) is 81.2 cm³/mol. The van der Waals surface area contributed by atoms with Gasteiger partial charge in [-0.15, -0.1) is 0 Å². The average molecular weight is 263 g/mol. The topological polar surface area (TPSA) is 51.8 Å². The van der Waals surface area contributed by atoms with Gasteiger partial charge in [-0.2, -0.15) is 0 Å². The maximum absolute atomic E-state index is 6.36. The Kier molecular flexibility index (Phi) is 3.70. The highest BCUT2D eigenvalue weighted by Crippen LogP contribution is 2.24. The van der Waals surface area contributed by atoms with E-state index in [9.17, 15) is 0 Å². The van der Waals surface area contributed by atoms with E-state index in [0.717, 1.165) is 23.9 Å². The van der Waals surface area contributed by atoms with Gasteiger partial charge < -0.3 is 5.73 Å². The first kappa shape index (κ1) is 12.8. The van der Waals surface area contributed by atoms with E-state index in [2.05, 4.69) is 22.1 Å². The van der Waals surface area contributed by atoms with Crippen molar-refractivity contribution in [3.63, 3.8) is 0 Å². The number of benzene rings is 1. The lowest BCUT2D eigenvalue weighted by atomic mass is 9.97. The number of fused-ring (bicyclic) bond motifs is 1. The predicted octanol–water partition coefficient (Wildman–Crippen LogP) is 3.26. The van der Waals surface area contributed by atoms with Crippen molar-refractivity contribution in [2.75, 3.05) is 0 Å². The number of pyridine rings is 2. The van der Waals surface area contributed by atoms with Crippen LogP contribution in [0.1, 0.15) is 23.7 Å². The molecular formula is C17H17N3. The number of hydrogen-bond donors (Lipinski definition) is 1. The molecule has 0 aliphatic carbocycles. The highest BCUT2D eigenvalue weighted by Gasteiger charge is 2.10. The molecule has 0 saturated heterocycles. The molecule has 0 saturated carbocycles. The maximum atomic E-state index is 6.36. The summed E-state index contributed by atoms with van der Waals surface area (Å²) in [5.41, 5.74) is 8.63. The van der Waals surface area contributed by atoms with Crippen LogP contribution in [0.2, 0.25) is 0 Å². The molecule has 2 heterocycles. The Bertz CT molecular complexity index is 689. The minimum Gasteiger partial charge on any atom is -0.324 e. The Labute approximate surface area is 118 Å². The second kappa shape index (κ2) is 5.80. The molecule has 3 aromatic rings. The Balaban J connectivity index is 1.80. The number of nitrogens with zero attached hydrogens (tertiary/aromatic N) is 2. The van der Waals surface area contributed by atoms with Crippen molar-refractivity contribution in [2.45, 2.75) is 18.9 Å². The van der Waals surface area contributed by atoms with Crippen molar-refractivity contribution in [2.24, 2.45) is 5.73 Å². The molecule has 0 radical (unpaired) electrons. The molecule has 100 valence electrons. The van der Waals surface area contributed by atoms with Crippen LogP contribution in [-0.4, -0.2) is 9.97 Å². The summed E-state index contributed by atoms with van der Waals surface area (Å²) in [7, 11) is 0. The highest BCUT2D eigenvalue weighted by atomic mass is 14.7. The van der Waals surface area contributed by atoms with Crippen LogP contribution in [-0.2, 0) is 6.42 Å². The van der Waals surface area contributed by atoms with E-state index in [4.69, 9.17) is 5.73 Å². The van der Waals surface area contributed by atoms with Crippen molar-refractivity contribution >= 4 is 10.8 Å². The molecule has 0 amide bonds. The van der Waals surface area contributed by atoms with Crippen LogP contribution < -0.4 is 5.73 Å². The summed E-state index contributed by atoms with van der Waals surface area (Å²) < 4.78 is 0. The van der Waals surface area contributed by atoms with E-state index in [1.807, 2.05) is 48.9 Å². The highest BCUT2D eigenvalue weighted by molar-refractivity contribution is 5.85. The fraction of sp³-hybridized carbons (Fsp3) is 0.176. The Morgan fingerprint density at radius 2 is 1.95 bits per heavy atom. The van der Waals surface area contributed by atoms with Gasteiger partial charge in [0.2, 0.25) is 0 Å². The maximum Gasteiger partial charge on any atom is 0.0404 e. The van der Waals surface area contributed by atoms with Crippen molar-refractivity contribution < 1.29 is 0 Å². The van der Waals surface area contributed by atoms with Crippen molar-refractivity contribution in [1.29, 1.82) is 0 Å². The van der Waals surface area contributed by atoms with E-state index in [1.54, 1.807) is 0 Å². The molecule has 2 aromatic heterocycles. The van der Waals surface area contributed by atoms with Gasteiger partial charge in [-0.25, -0.2) is 0 Å². The van der Waals surface area contributed by atoms with Gasteiger partial charge in [-0.05, 0) is 42.0 Å². The van der Waals surface area contributed by atoms with Gasteiger partial charge >= 0.3 is 0 Å². The van der Waals surface area contributed by atoms with Crippen LogP contribution in [0, 0.1) is 0 Å². The molecule has 0 aliphatic heterocycles. The zero-order valence-corrected chi connectivity index (χ0v) is 11.2. The second-order valence-electron chi connectivity index (χ2n) is 4.91. The summed E-state index contributed by atoms with van der Waals surface area (Å²) in [6.07, 6.45) is 7.30. The molecule has 2 N–H and O–H groups in total. The summed E-state index contributed by atoms with van der Waals surface area (Å²) >= 11 is 0. The Morgan fingerprint density at radius 1 is 1.00 bits per heavy atom. The van der Waals surface area contributed by atoms with Gasteiger partial charge in [0.15, 0.2) is 0 Å². The largest absolute Gasteiger partial charge is 0.324 e. The number of hydrogen-bond acceptors (Lipinski definition) is 3. The molecule has 3 heteroatoms. The molecule has 0 aliphatic rings. The van der Waals surface area contributed by atoms with Gasteiger partial charge in [0.05, 0.1) is 0 Å². The van der Waals surface area contributed by atoms with Gasteiger partial charge in [0.25, 0.3) is 0 Å². The summed E-state index contributed by atoms with van der Waals surface area (Å²) in [4.78, 5) is 8.50. The van der Waals surface area contributed by atoms with Crippen LogP contribution in [0.5, 0.6) is 0 Å². The Morgan fingerprint density at radius 3 is 2.80 bits per heavy atom. The molecule has 3 rings (SSSR count). The van der Waals surface area contributed by atoms with Gasteiger partial charge in [-0.1, -0.05) is 24.3 Å². The smallest absolute Gasteiger partial charge is 0.0404 e. The lowest BCUT2D eigenvalue weighted by molar-refractivity contribution is 0.648. The summed E-state index contributed by atoms with van der Waals surface area (Å²) in [6.45, 7) is 0. The quantitative estimate of drug-likeness (QED) is 0.786. The zero-order valence-electron chi connectivity index (χ0n) is 11.2. The van der Waals surface area contributed by atoms with Crippen molar-refractivity contribution in [3.05, 3.63) is 72.3 Å². The zero-order chi connectivity index (χ0) is 13.8. The van der Waals surface area contributed by atoms with Gasteiger partial charge in [0.1, 0.15) is 0 Å². The first-order chi connectivity index (χ1) is 9.84. The van der Waals surface area contributed by atoms with Gasteiger partial charge in [-0.3, -0.25) is 9.97 Å².